The molecule has 0 aliphatic heterocycles. The first-order valence-electron chi connectivity index (χ1n) is 7.25. The number of carbonyl (C=O) groups excluding carboxylic acids is 1. The molecule has 7 heteroatoms. The third-order valence-electron chi connectivity index (χ3n) is 3.18. The minimum Gasteiger partial charge on any atom is -0.332 e. The number of benzene rings is 1. The van der Waals surface area contributed by atoms with E-state index in [1.165, 1.54) is 0 Å². The number of hydrogen-bond donors (Lipinski definition) is 2. The van der Waals surface area contributed by atoms with Crippen LogP contribution in [0.2, 0.25) is 5.02 Å². The lowest BCUT2D eigenvalue weighted by atomic mass is 10.1. The summed E-state index contributed by atoms with van der Waals surface area (Å²) in [6, 6.07) is 10.7. The van der Waals surface area contributed by atoms with E-state index in [9.17, 15) is 4.79 Å². The maximum Gasteiger partial charge on any atom is 0.315 e. The number of aromatic nitrogens is 2. The fourth-order valence-electron chi connectivity index (χ4n) is 2.10. The van der Waals surface area contributed by atoms with Crippen LogP contribution in [0.25, 0.3) is 0 Å². The summed E-state index contributed by atoms with van der Waals surface area (Å²) in [5.41, 5.74) is 1.70. The Morgan fingerprint density at radius 3 is 2.61 bits per heavy atom. The van der Waals surface area contributed by atoms with Gasteiger partial charge in [-0.3, -0.25) is 0 Å². The van der Waals surface area contributed by atoms with Crippen molar-refractivity contribution in [3.8, 4) is 0 Å². The summed E-state index contributed by atoms with van der Waals surface area (Å²) < 4.78 is 0. The van der Waals surface area contributed by atoms with Crippen molar-refractivity contribution >= 4 is 17.6 Å². The van der Waals surface area contributed by atoms with Gasteiger partial charge in [0.1, 0.15) is 0 Å². The number of halogens is 1. The van der Waals surface area contributed by atoms with E-state index in [4.69, 9.17) is 11.6 Å². The van der Waals surface area contributed by atoms with Crippen LogP contribution in [0.5, 0.6) is 0 Å². The fraction of sp³-hybridized carbons (Fsp3) is 0.312. The van der Waals surface area contributed by atoms with Crippen molar-refractivity contribution in [2.75, 3.05) is 20.6 Å². The molecule has 1 aromatic heterocycles. The van der Waals surface area contributed by atoms with Crippen LogP contribution in [-0.4, -0.2) is 41.8 Å². The Morgan fingerprint density at radius 2 is 2.00 bits per heavy atom. The molecule has 122 valence electrons. The summed E-state index contributed by atoms with van der Waals surface area (Å²) in [5.74, 6) is 0. The van der Waals surface area contributed by atoms with E-state index in [-0.39, 0.29) is 12.1 Å². The zero-order chi connectivity index (χ0) is 16.7. The minimum atomic E-state index is -0.252. The number of nitrogens with one attached hydrogen (secondary N) is 2. The molecule has 0 fully saturated rings. The molecule has 0 aliphatic carbocycles. The smallest absolute Gasteiger partial charge is 0.315 e. The van der Waals surface area contributed by atoms with Crippen LogP contribution in [0.15, 0.2) is 42.6 Å². The highest BCUT2D eigenvalue weighted by Gasteiger charge is 2.15. The van der Waals surface area contributed by atoms with Gasteiger partial charge in [-0.1, -0.05) is 23.7 Å². The van der Waals surface area contributed by atoms with Gasteiger partial charge in [-0.25, -0.2) is 4.79 Å². The van der Waals surface area contributed by atoms with Gasteiger partial charge in [0.25, 0.3) is 0 Å². The summed E-state index contributed by atoms with van der Waals surface area (Å²) in [7, 11) is 3.92. The largest absolute Gasteiger partial charge is 0.332 e. The van der Waals surface area contributed by atoms with Gasteiger partial charge in [0, 0.05) is 17.8 Å². The Kier molecular flexibility index (Phi) is 6.31. The van der Waals surface area contributed by atoms with Crippen LogP contribution in [0, 0.1) is 0 Å². The SMILES string of the molecule is CN(C)C[C@@H](NC(=O)NCc1cccnn1)c1ccc(Cl)cc1. The van der Waals surface area contributed by atoms with Crippen molar-refractivity contribution < 1.29 is 4.79 Å². The molecule has 0 radical (unpaired) electrons. The molecule has 0 spiro atoms. The van der Waals surface area contributed by atoms with Gasteiger partial charge < -0.3 is 15.5 Å². The monoisotopic (exact) mass is 333 g/mol. The lowest BCUT2D eigenvalue weighted by molar-refractivity contribution is 0.232. The zero-order valence-electron chi connectivity index (χ0n) is 13.2. The van der Waals surface area contributed by atoms with Gasteiger partial charge in [-0.05, 0) is 43.9 Å². The average Bonchev–Trinajstić information content (AvgIpc) is 2.53. The fourth-order valence-corrected chi connectivity index (χ4v) is 2.23. The summed E-state index contributed by atoms with van der Waals surface area (Å²) >= 11 is 5.92. The molecule has 0 saturated carbocycles. The highest BCUT2D eigenvalue weighted by atomic mass is 35.5. The number of rotatable bonds is 6. The van der Waals surface area contributed by atoms with Gasteiger partial charge in [-0.2, -0.15) is 10.2 Å². The van der Waals surface area contributed by atoms with E-state index in [1.807, 2.05) is 49.3 Å². The second kappa shape index (κ2) is 8.45. The lowest BCUT2D eigenvalue weighted by Gasteiger charge is -2.23. The van der Waals surface area contributed by atoms with E-state index in [1.54, 1.807) is 12.3 Å². The van der Waals surface area contributed by atoms with Crippen molar-refractivity contribution in [1.29, 1.82) is 0 Å². The molecule has 2 amide bonds. The number of carbonyl (C=O) groups is 1. The third-order valence-corrected chi connectivity index (χ3v) is 3.43. The van der Waals surface area contributed by atoms with Crippen LogP contribution >= 0.6 is 11.6 Å². The topological polar surface area (TPSA) is 70.2 Å². The molecule has 2 rings (SSSR count). The van der Waals surface area contributed by atoms with Gasteiger partial charge in [0.15, 0.2) is 0 Å². The summed E-state index contributed by atoms with van der Waals surface area (Å²) in [5, 5.41) is 14.1. The average molecular weight is 334 g/mol. The molecule has 0 unspecified atom stereocenters. The Labute approximate surface area is 140 Å². The standard InChI is InChI=1S/C16H20ClN5O/c1-22(2)11-15(12-5-7-13(17)8-6-12)20-16(23)18-10-14-4-3-9-19-21-14/h3-9,15H,10-11H2,1-2H3,(H2,18,20,23)/t15-/m1/s1. The molecular weight excluding hydrogens is 314 g/mol. The van der Waals surface area contributed by atoms with Gasteiger partial charge >= 0.3 is 6.03 Å². The third kappa shape index (κ3) is 5.84. The van der Waals surface area contributed by atoms with Gasteiger partial charge in [0.05, 0.1) is 18.3 Å². The quantitative estimate of drug-likeness (QED) is 0.850. The second-order valence-electron chi connectivity index (χ2n) is 5.41. The van der Waals surface area contributed by atoms with Crippen molar-refractivity contribution in [3.63, 3.8) is 0 Å². The van der Waals surface area contributed by atoms with Crippen molar-refractivity contribution in [2.24, 2.45) is 0 Å². The van der Waals surface area contributed by atoms with Gasteiger partial charge in [0.2, 0.25) is 0 Å². The zero-order valence-corrected chi connectivity index (χ0v) is 13.9. The number of likely N-dealkylation sites (N-methyl/N-ethyl adjacent to an activating group) is 1. The van der Waals surface area contributed by atoms with Gasteiger partial charge in [-0.15, -0.1) is 0 Å². The van der Waals surface area contributed by atoms with Crippen LogP contribution in [-0.2, 0) is 6.54 Å². The Balaban J connectivity index is 1.96. The first kappa shape index (κ1) is 17.2. The minimum absolute atomic E-state index is 0.135. The summed E-state index contributed by atoms with van der Waals surface area (Å²) in [6.45, 7) is 1.01. The Morgan fingerprint density at radius 1 is 1.26 bits per heavy atom. The molecule has 2 N–H and O–H groups in total. The number of amides is 2. The molecule has 0 saturated heterocycles. The molecule has 1 aromatic carbocycles. The van der Waals surface area contributed by atoms with E-state index in [0.717, 1.165) is 5.56 Å². The number of hydrogen-bond acceptors (Lipinski definition) is 4. The van der Waals surface area contributed by atoms with E-state index < -0.39 is 0 Å². The van der Waals surface area contributed by atoms with Crippen molar-refractivity contribution in [2.45, 2.75) is 12.6 Å². The number of urea groups is 1. The number of nitrogens with zero attached hydrogens (tertiary/aromatic N) is 3. The predicted molar refractivity (Wildman–Crippen MR) is 90.2 cm³/mol. The summed E-state index contributed by atoms with van der Waals surface area (Å²) in [4.78, 5) is 14.1. The van der Waals surface area contributed by atoms with Crippen molar-refractivity contribution in [1.82, 2.24) is 25.7 Å². The first-order valence-corrected chi connectivity index (χ1v) is 7.63. The van der Waals surface area contributed by atoms with E-state index in [0.29, 0.717) is 23.8 Å². The van der Waals surface area contributed by atoms with Crippen LogP contribution in [0.4, 0.5) is 4.79 Å². The van der Waals surface area contributed by atoms with E-state index in [2.05, 4.69) is 20.8 Å². The highest BCUT2D eigenvalue weighted by Crippen LogP contribution is 2.17. The normalized spacial score (nSPS) is 12.0. The highest BCUT2D eigenvalue weighted by molar-refractivity contribution is 6.30. The molecule has 0 aliphatic rings. The van der Waals surface area contributed by atoms with E-state index >= 15 is 0 Å². The predicted octanol–water partition coefficient (Wildman–Crippen LogP) is 2.23. The van der Waals surface area contributed by atoms with Crippen molar-refractivity contribution in [3.05, 3.63) is 58.9 Å². The van der Waals surface area contributed by atoms with Crippen LogP contribution in [0.3, 0.4) is 0 Å². The maximum atomic E-state index is 12.1. The molecule has 23 heavy (non-hydrogen) atoms. The molecule has 1 heterocycles. The Bertz CT molecular complexity index is 618. The molecular formula is C16H20ClN5O. The van der Waals surface area contributed by atoms with Crippen LogP contribution < -0.4 is 10.6 Å². The second-order valence-corrected chi connectivity index (χ2v) is 5.84. The molecule has 1 atom stereocenters. The molecule has 0 bridgehead atoms. The first-order chi connectivity index (χ1) is 11.0. The molecule has 6 nitrogen and oxygen atoms in total. The molecule has 2 aromatic rings. The Hall–Kier alpha value is -2.18. The maximum absolute atomic E-state index is 12.1. The summed E-state index contributed by atoms with van der Waals surface area (Å²) in [6.07, 6.45) is 1.59. The van der Waals surface area contributed by atoms with Crippen LogP contribution in [0.1, 0.15) is 17.3 Å². The lowest BCUT2D eigenvalue weighted by Crippen LogP contribution is -2.41.